The lowest BCUT2D eigenvalue weighted by atomic mass is 9.83. The quantitative estimate of drug-likeness (QED) is 0.652. The summed E-state index contributed by atoms with van der Waals surface area (Å²) in [5, 5.41) is 0. The first kappa shape index (κ1) is 17.0. The molecule has 0 bridgehead atoms. The zero-order chi connectivity index (χ0) is 18.3. The van der Waals surface area contributed by atoms with Gasteiger partial charge >= 0.3 is 0 Å². The fraction of sp³-hybridized carbons (Fsp3) is 0.250. The van der Waals surface area contributed by atoms with Crippen LogP contribution in [0.3, 0.4) is 0 Å². The molecule has 0 atom stereocenters. The van der Waals surface area contributed by atoms with Gasteiger partial charge in [0.15, 0.2) is 11.6 Å². The molecule has 6 heteroatoms. The van der Waals surface area contributed by atoms with E-state index in [0.717, 1.165) is 13.1 Å². The molecule has 0 aromatic heterocycles. The minimum absolute atomic E-state index is 0.0901. The van der Waals surface area contributed by atoms with Gasteiger partial charge in [-0.2, -0.15) is 0 Å². The van der Waals surface area contributed by atoms with Gasteiger partial charge in [0.1, 0.15) is 0 Å². The second kappa shape index (κ2) is 6.70. The second-order valence-electron chi connectivity index (χ2n) is 6.37. The molecule has 132 valence electrons. The fourth-order valence-electron chi connectivity index (χ4n) is 3.49. The summed E-state index contributed by atoms with van der Waals surface area (Å²) in [5.41, 5.74) is 1.99. The summed E-state index contributed by atoms with van der Waals surface area (Å²) in [7, 11) is 0. The third-order valence-corrected chi connectivity index (χ3v) is 5.84. The summed E-state index contributed by atoms with van der Waals surface area (Å²) in [6, 6.07) is 11.7. The number of hydrogen-bond acceptors (Lipinski definition) is 5. The average molecular weight is 366 g/mol. The van der Waals surface area contributed by atoms with E-state index in [4.69, 9.17) is 0 Å². The maximum absolute atomic E-state index is 12.8. The molecule has 1 fully saturated rings. The van der Waals surface area contributed by atoms with E-state index in [1.54, 1.807) is 59.3 Å². The maximum Gasteiger partial charge on any atom is 0.253 e. The number of ketones is 2. The molecule has 2 aromatic carbocycles. The first-order chi connectivity index (χ1) is 12.6. The van der Waals surface area contributed by atoms with Gasteiger partial charge in [-0.1, -0.05) is 36.2 Å². The van der Waals surface area contributed by atoms with Crippen LogP contribution in [-0.4, -0.2) is 59.1 Å². The summed E-state index contributed by atoms with van der Waals surface area (Å²) in [4.78, 5) is 40.1. The number of carbonyl (C=O) groups excluding carboxylic acids is 3. The van der Waals surface area contributed by atoms with E-state index in [-0.39, 0.29) is 17.5 Å². The third kappa shape index (κ3) is 2.75. The molecule has 2 aromatic rings. The van der Waals surface area contributed by atoms with Gasteiger partial charge in [-0.05, 0) is 24.5 Å². The van der Waals surface area contributed by atoms with E-state index in [2.05, 4.69) is 4.31 Å². The van der Waals surface area contributed by atoms with Crippen molar-refractivity contribution in [2.24, 2.45) is 0 Å². The molecule has 1 aliphatic carbocycles. The lowest BCUT2D eigenvalue weighted by Gasteiger charge is -2.33. The van der Waals surface area contributed by atoms with E-state index in [0.29, 0.717) is 40.9 Å². The molecule has 2 aliphatic rings. The van der Waals surface area contributed by atoms with Gasteiger partial charge in [0.2, 0.25) is 0 Å². The molecule has 5 nitrogen and oxygen atoms in total. The molecule has 0 N–H and O–H groups in total. The molecule has 1 saturated heterocycles. The molecule has 0 saturated carbocycles. The predicted octanol–water partition coefficient (Wildman–Crippen LogP) is 2.50. The minimum Gasteiger partial charge on any atom is -0.336 e. The van der Waals surface area contributed by atoms with Gasteiger partial charge in [0, 0.05) is 54.0 Å². The Morgan fingerprint density at radius 3 is 2.04 bits per heavy atom. The highest BCUT2D eigenvalue weighted by Crippen LogP contribution is 2.28. The van der Waals surface area contributed by atoms with E-state index in [9.17, 15) is 14.4 Å². The Kier molecular flexibility index (Phi) is 4.38. The van der Waals surface area contributed by atoms with Crippen molar-refractivity contribution in [3.8, 4) is 0 Å². The molecule has 1 amide bonds. The lowest BCUT2D eigenvalue weighted by molar-refractivity contribution is 0.0703. The first-order valence-corrected chi connectivity index (χ1v) is 9.69. The zero-order valence-corrected chi connectivity index (χ0v) is 15.2. The summed E-state index contributed by atoms with van der Waals surface area (Å²) in [5.74, 6) is -0.451. The Labute approximate surface area is 156 Å². The Balaban J connectivity index is 1.64. The van der Waals surface area contributed by atoms with E-state index in [1.165, 1.54) is 0 Å². The molecule has 0 unspecified atom stereocenters. The van der Waals surface area contributed by atoms with Crippen molar-refractivity contribution in [3.05, 3.63) is 70.3 Å². The summed E-state index contributed by atoms with van der Waals surface area (Å²) >= 11 is 1.68. The Morgan fingerprint density at radius 2 is 1.42 bits per heavy atom. The Hall–Kier alpha value is -2.44. The van der Waals surface area contributed by atoms with Crippen LogP contribution in [0.15, 0.2) is 42.5 Å². The largest absolute Gasteiger partial charge is 0.336 e. The molecular formula is C20H18N2O3S. The summed E-state index contributed by atoms with van der Waals surface area (Å²) in [6.07, 6.45) is 2.03. The normalized spacial score (nSPS) is 17.0. The molecule has 26 heavy (non-hydrogen) atoms. The number of amides is 1. The van der Waals surface area contributed by atoms with Crippen molar-refractivity contribution < 1.29 is 14.4 Å². The number of nitrogens with zero attached hydrogens (tertiary/aromatic N) is 2. The van der Waals surface area contributed by atoms with Crippen molar-refractivity contribution in [1.29, 1.82) is 0 Å². The number of piperazine rings is 1. The van der Waals surface area contributed by atoms with Crippen LogP contribution in [-0.2, 0) is 0 Å². The monoisotopic (exact) mass is 366 g/mol. The van der Waals surface area contributed by atoms with Crippen LogP contribution in [0.5, 0.6) is 0 Å². The van der Waals surface area contributed by atoms with Crippen molar-refractivity contribution >= 4 is 29.4 Å². The highest BCUT2D eigenvalue weighted by Gasteiger charge is 2.30. The van der Waals surface area contributed by atoms with Crippen LogP contribution in [0.25, 0.3) is 0 Å². The second-order valence-corrected chi connectivity index (χ2v) is 7.25. The van der Waals surface area contributed by atoms with Crippen molar-refractivity contribution in [1.82, 2.24) is 9.21 Å². The topological polar surface area (TPSA) is 57.7 Å². The molecule has 1 aliphatic heterocycles. The highest BCUT2D eigenvalue weighted by atomic mass is 32.2. The molecule has 1 heterocycles. The molecular weight excluding hydrogens is 348 g/mol. The third-order valence-electron chi connectivity index (χ3n) is 4.96. The highest BCUT2D eigenvalue weighted by molar-refractivity contribution is 7.96. The van der Waals surface area contributed by atoms with Gasteiger partial charge in [0.05, 0.1) is 0 Å². The summed E-state index contributed by atoms with van der Waals surface area (Å²) in [6.45, 7) is 2.96. The average Bonchev–Trinajstić information content (AvgIpc) is 2.71. The van der Waals surface area contributed by atoms with Crippen LogP contribution >= 0.6 is 11.9 Å². The number of rotatable bonds is 2. The minimum atomic E-state index is -0.197. The Bertz CT molecular complexity index is 917. The van der Waals surface area contributed by atoms with E-state index >= 15 is 0 Å². The lowest BCUT2D eigenvalue weighted by Crippen LogP contribution is -2.46. The number of fused-ring (bicyclic) bond motifs is 2. The van der Waals surface area contributed by atoms with Gasteiger partial charge in [-0.15, -0.1) is 0 Å². The van der Waals surface area contributed by atoms with Gasteiger partial charge in [0.25, 0.3) is 5.91 Å². The van der Waals surface area contributed by atoms with Crippen molar-refractivity contribution in [3.63, 3.8) is 0 Å². The van der Waals surface area contributed by atoms with Crippen molar-refractivity contribution in [2.45, 2.75) is 0 Å². The van der Waals surface area contributed by atoms with Gasteiger partial charge < -0.3 is 4.90 Å². The molecule has 0 spiro atoms. The SMILES string of the molecule is CSN1CCN(C(=O)c2ccc3c(c2)C(=O)c2ccccc2C3=O)CC1. The smallest absolute Gasteiger partial charge is 0.253 e. The van der Waals surface area contributed by atoms with Crippen LogP contribution in [0, 0.1) is 0 Å². The maximum atomic E-state index is 12.8. The first-order valence-electron chi connectivity index (χ1n) is 8.51. The zero-order valence-electron chi connectivity index (χ0n) is 14.4. The number of hydrogen-bond donors (Lipinski definition) is 0. The molecule has 4 rings (SSSR count). The standard InChI is InChI=1S/C20H18N2O3S/c1-26-22-10-8-21(9-11-22)20(25)13-6-7-16-17(12-13)19(24)15-5-3-2-4-14(15)18(16)23/h2-7,12H,8-11H2,1H3. The van der Waals surface area contributed by atoms with Crippen LogP contribution in [0.4, 0.5) is 0 Å². The van der Waals surface area contributed by atoms with E-state index in [1.807, 2.05) is 6.26 Å². The van der Waals surface area contributed by atoms with Crippen LogP contribution < -0.4 is 0 Å². The van der Waals surface area contributed by atoms with Crippen LogP contribution in [0.2, 0.25) is 0 Å². The van der Waals surface area contributed by atoms with E-state index < -0.39 is 0 Å². The van der Waals surface area contributed by atoms with Gasteiger partial charge in [-0.3, -0.25) is 14.4 Å². The fourth-order valence-corrected chi connectivity index (χ4v) is 4.02. The predicted molar refractivity (Wildman–Crippen MR) is 101 cm³/mol. The van der Waals surface area contributed by atoms with Gasteiger partial charge in [-0.25, -0.2) is 4.31 Å². The van der Waals surface area contributed by atoms with Crippen molar-refractivity contribution in [2.75, 3.05) is 32.4 Å². The van der Waals surface area contributed by atoms with Crippen LogP contribution in [0.1, 0.15) is 42.2 Å². The summed E-state index contributed by atoms with van der Waals surface area (Å²) < 4.78 is 2.22. The number of carbonyl (C=O) groups is 3. The number of benzene rings is 2. The molecule has 0 radical (unpaired) electrons. The Morgan fingerprint density at radius 1 is 0.846 bits per heavy atom.